The van der Waals surface area contributed by atoms with Crippen LogP contribution >= 0.6 is 11.3 Å². The van der Waals surface area contributed by atoms with Gasteiger partial charge in [0.2, 0.25) is 11.8 Å². The van der Waals surface area contributed by atoms with Crippen LogP contribution in [0, 0.1) is 0 Å². The highest BCUT2D eigenvalue weighted by Gasteiger charge is 2.35. The number of carboxylic acids is 1. The second kappa shape index (κ2) is 4.76. The van der Waals surface area contributed by atoms with Crippen molar-refractivity contribution in [1.29, 1.82) is 0 Å². The van der Waals surface area contributed by atoms with E-state index in [0.717, 1.165) is 16.2 Å². The molecule has 9 heteroatoms. The fourth-order valence-electron chi connectivity index (χ4n) is 1.56. The minimum absolute atomic E-state index is 0.0632. The third kappa shape index (κ3) is 2.45. The van der Waals surface area contributed by atoms with Gasteiger partial charge in [0.05, 0.1) is 0 Å². The molecular formula is C10H9N3O5S. The largest absolute Gasteiger partial charge is 0.476 e. The summed E-state index contributed by atoms with van der Waals surface area (Å²) in [5, 5.41) is 12.0. The Morgan fingerprint density at radius 2 is 2.21 bits per heavy atom. The van der Waals surface area contributed by atoms with Crippen LogP contribution in [0.1, 0.15) is 27.2 Å². The van der Waals surface area contributed by atoms with E-state index in [1.54, 1.807) is 0 Å². The molecule has 0 aliphatic carbocycles. The first-order chi connectivity index (χ1) is 8.90. The lowest BCUT2D eigenvalue weighted by molar-refractivity contribution is -0.138. The molecule has 1 aliphatic heterocycles. The van der Waals surface area contributed by atoms with Gasteiger partial charge in [-0.3, -0.25) is 19.7 Å². The highest BCUT2D eigenvalue weighted by molar-refractivity contribution is 7.11. The second-order valence-corrected chi connectivity index (χ2v) is 4.72. The molecule has 1 unspecified atom stereocenters. The Balaban J connectivity index is 2.24. The Kier molecular flexibility index (Phi) is 3.30. The standard InChI is InChI=1S/C10H9N3O5S/c1-4-7(15)12-6(14)2-13(4)9(16)8-11-5(3-19-8)10(17)18/h3-4H,2H2,1H3,(H,17,18)(H,12,14,15). The first-order valence-corrected chi connectivity index (χ1v) is 6.11. The lowest BCUT2D eigenvalue weighted by atomic mass is 10.2. The Morgan fingerprint density at radius 1 is 1.53 bits per heavy atom. The molecule has 8 nitrogen and oxygen atoms in total. The van der Waals surface area contributed by atoms with Crippen molar-refractivity contribution in [2.45, 2.75) is 13.0 Å². The number of nitrogens with one attached hydrogen (secondary N) is 1. The Bertz CT molecular complexity index is 581. The van der Waals surface area contributed by atoms with E-state index in [1.165, 1.54) is 12.3 Å². The number of carboxylic acid groups (broad SMARTS) is 1. The lowest BCUT2D eigenvalue weighted by Crippen LogP contribution is -2.58. The van der Waals surface area contributed by atoms with Crippen molar-refractivity contribution in [3.05, 3.63) is 16.1 Å². The molecule has 3 amide bonds. The van der Waals surface area contributed by atoms with Crippen LogP contribution in [0.15, 0.2) is 5.38 Å². The maximum atomic E-state index is 12.1. The zero-order valence-electron chi connectivity index (χ0n) is 9.74. The van der Waals surface area contributed by atoms with Gasteiger partial charge < -0.3 is 10.0 Å². The van der Waals surface area contributed by atoms with E-state index >= 15 is 0 Å². The minimum atomic E-state index is -1.24. The van der Waals surface area contributed by atoms with Crippen molar-refractivity contribution < 1.29 is 24.3 Å². The van der Waals surface area contributed by atoms with Crippen molar-refractivity contribution >= 4 is 35.0 Å². The number of hydrogen-bond acceptors (Lipinski definition) is 6. The summed E-state index contributed by atoms with van der Waals surface area (Å²) in [6.45, 7) is 1.22. The van der Waals surface area contributed by atoms with Gasteiger partial charge in [0.25, 0.3) is 5.91 Å². The Labute approximate surface area is 111 Å². The van der Waals surface area contributed by atoms with Crippen molar-refractivity contribution in [2.24, 2.45) is 0 Å². The maximum absolute atomic E-state index is 12.1. The number of rotatable bonds is 2. The molecular weight excluding hydrogens is 274 g/mol. The van der Waals surface area contributed by atoms with Gasteiger partial charge in [-0.25, -0.2) is 9.78 Å². The molecule has 2 heterocycles. The Morgan fingerprint density at radius 3 is 2.79 bits per heavy atom. The zero-order chi connectivity index (χ0) is 14.2. The molecule has 0 radical (unpaired) electrons. The number of hydrogen-bond donors (Lipinski definition) is 2. The van der Waals surface area contributed by atoms with Gasteiger partial charge in [-0.05, 0) is 6.92 Å². The van der Waals surface area contributed by atoms with E-state index < -0.39 is 29.7 Å². The number of imide groups is 1. The fraction of sp³-hybridized carbons (Fsp3) is 0.300. The molecule has 0 aromatic carbocycles. The summed E-state index contributed by atoms with van der Waals surface area (Å²) in [6.07, 6.45) is 0. The third-order valence-electron chi connectivity index (χ3n) is 2.59. The lowest BCUT2D eigenvalue weighted by Gasteiger charge is -2.30. The zero-order valence-corrected chi connectivity index (χ0v) is 10.6. The number of carbonyl (C=O) groups excluding carboxylic acids is 3. The van der Waals surface area contributed by atoms with Gasteiger partial charge in [-0.2, -0.15) is 0 Å². The molecule has 0 spiro atoms. The fourth-order valence-corrected chi connectivity index (χ4v) is 2.30. The van der Waals surface area contributed by atoms with E-state index in [1.807, 2.05) is 0 Å². The van der Waals surface area contributed by atoms with Gasteiger partial charge in [0, 0.05) is 5.38 Å². The number of aromatic nitrogens is 1. The maximum Gasteiger partial charge on any atom is 0.355 e. The van der Waals surface area contributed by atoms with E-state index in [0.29, 0.717) is 0 Å². The van der Waals surface area contributed by atoms with Gasteiger partial charge in [0.15, 0.2) is 10.7 Å². The molecule has 0 saturated carbocycles. The van der Waals surface area contributed by atoms with Crippen molar-refractivity contribution in [3.8, 4) is 0 Å². The topological polar surface area (TPSA) is 117 Å². The summed E-state index contributed by atoms with van der Waals surface area (Å²) in [5.74, 6) is -3.02. The van der Waals surface area contributed by atoms with E-state index in [4.69, 9.17) is 5.11 Å². The van der Waals surface area contributed by atoms with Gasteiger partial charge in [-0.15, -0.1) is 11.3 Å². The molecule has 0 bridgehead atoms. The highest BCUT2D eigenvalue weighted by Crippen LogP contribution is 2.15. The molecule has 2 rings (SSSR count). The summed E-state index contributed by atoms with van der Waals surface area (Å²) in [6, 6.07) is -0.803. The molecule has 1 atom stereocenters. The predicted molar refractivity (Wildman–Crippen MR) is 62.7 cm³/mol. The van der Waals surface area contributed by atoms with Gasteiger partial charge in [-0.1, -0.05) is 0 Å². The Hall–Kier alpha value is -2.29. The van der Waals surface area contributed by atoms with Crippen LogP contribution in [0.2, 0.25) is 0 Å². The number of carbonyl (C=O) groups is 4. The normalized spacial score (nSPS) is 19.2. The molecule has 2 N–H and O–H groups in total. The predicted octanol–water partition coefficient (Wildman–Crippen LogP) is -0.672. The molecule has 1 aromatic heterocycles. The molecule has 1 fully saturated rings. The smallest absolute Gasteiger partial charge is 0.355 e. The van der Waals surface area contributed by atoms with Crippen LogP contribution in [0.4, 0.5) is 0 Å². The van der Waals surface area contributed by atoms with Crippen LogP contribution in [0.25, 0.3) is 0 Å². The summed E-state index contributed by atoms with van der Waals surface area (Å²) < 4.78 is 0. The summed E-state index contributed by atoms with van der Waals surface area (Å²) in [7, 11) is 0. The van der Waals surface area contributed by atoms with E-state index in [-0.39, 0.29) is 17.2 Å². The molecule has 1 saturated heterocycles. The van der Waals surface area contributed by atoms with Crippen molar-refractivity contribution in [1.82, 2.24) is 15.2 Å². The molecule has 100 valence electrons. The monoisotopic (exact) mass is 283 g/mol. The van der Waals surface area contributed by atoms with Crippen LogP contribution in [0.5, 0.6) is 0 Å². The van der Waals surface area contributed by atoms with Crippen LogP contribution in [-0.4, -0.2) is 51.3 Å². The summed E-state index contributed by atoms with van der Waals surface area (Å²) in [4.78, 5) is 50.2. The second-order valence-electron chi connectivity index (χ2n) is 3.86. The first-order valence-electron chi connectivity index (χ1n) is 5.23. The SMILES string of the molecule is CC1C(=O)NC(=O)CN1C(=O)c1nc(C(=O)O)cs1. The summed E-state index contributed by atoms with van der Waals surface area (Å²) >= 11 is 0.858. The van der Waals surface area contributed by atoms with Crippen LogP contribution in [0.3, 0.4) is 0 Å². The van der Waals surface area contributed by atoms with Crippen molar-refractivity contribution in [2.75, 3.05) is 6.54 Å². The van der Waals surface area contributed by atoms with Gasteiger partial charge in [0.1, 0.15) is 12.6 Å². The molecule has 1 aliphatic rings. The third-order valence-corrected chi connectivity index (χ3v) is 3.42. The van der Waals surface area contributed by atoms with Crippen LogP contribution in [-0.2, 0) is 9.59 Å². The number of aromatic carboxylic acids is 1. The first kappa shape index (κ1) is 13.1. The average molecular weight is 283 g/mol. The minimum Gasteiger partial charge on any atom is -0.476 e. The van der Waals surface area contributed by atoms with Gasteiger partial charge >= 0.3 is 5.97 Å². The van der Waals surface area contributed by atoms with E-state index in [9.17, 15) is 19.2 Å². The van der Waals surface area contributed by atoms with Crippen molar-refractivity contribution in [3.63, 3.8) is 0 Å². The van der Waals surface area contributed by atoms with Crippen LogP contribution < -0.4 is 5.32 Å². The van der Waals surface area contributed by atoms with E-state index in [2.05, 4.69) is 10.3 Å². The quantitative estimate of drug-likeness (QED) is 0.695. The highest BCUT2D eigenvalue weighted by atomic mass is 32.1. The number of thiazole rings is 1. The summed E-state index contributed by atoms with van der Waals surface area (Å²) in [5.41, 5.74) is -0.242. The molecule has 1 aromatic rings. The number of piperazine rings is 1. The number of amides is 3. The number of nitrogens with zero attached hydrogens (tertiary/aromatic N) is 2. The average Bonchev–Trinajstić information content (AvgIpc) is 2.82. The molecule has 19 heavy (non-hydrogen) atoms.